The number of amides is 1. The van der Waals surface area contributed by atoms with Gasteiger partial charge in [0.25, 0.3) is 11.5 Å². The SMILES string of the molecule is CCNc1ccc(CNC(=O)c2c(O)c3ccccc3n(C)c2=O)cc1. The van der Waals surface area contributed by atoms with Gasteiger partial charge in [-0.05, 0) is 36.8 Å². The van der Waals surface area contributed by atoms with Gasteiger partial charge >= 0.3 is 0 Å². The highest BCUT2D eigenvalue weighted by Crippen LogP contribution is 2.25. The molecule has 26 heavy (non-hydrogen) atoms. The van der Waals surface area contributed by atoms with Crippen molar-refractivity contribution in [1.29, 1.82) is 0 Å². The van der Waals surface area contributed by atoms with Gasteiger partial charge in [-0.1, -0.05) is 24.3 Å². The highest BCUT2D eigenvalue weighted by atomic mass is 16.3. The second-order valence-corrected chi connectivity index (χ2v) is 6.01. The van der Waals surface area contributed by atoms with Gasteiger partial charge in [0, 0.05) is 31.2 Å². The highest BCUT2D eigenvalue weighted by molar-refractivity contribution is 6.02. The van der Waals surface area contributed by atoms with Crippen LogP contribution in [0.4, 0.5) is 5.69 Å². The van der Waals surface area contributed by atoms with E-state index in [-0.39, 0.29) is 17.9 Å². The third kappa shape index (κ3) is 3.26. The number of para-hydroxylation sites is 1. The average molecular weight is 351 g/mol. The van der Waals surface area contributed by atoms with E-state index in [0.29, 0.717) is 10.9 Å². The largest absolute Gasteiger partial charge is 0.506 e. The van der Waals surface area contributed by atoms with E-state index in [1.165, 1.54) is 4.57 Å². The average Bonchev–Trinajstić information content (AvgIpc) is 2.66. The van der Waals surface area contributed by atoms with E-state index in [1.807, 2.05) is 31.2 Å². The number of carbonyl (C=O) groups excluding carboxylic acids is 1. The summed E-state index contributed by atoms with van der Waals surface area (Å²) in [5.41, 5.74) is 1.71. The first kappa shape index (κ1) is 17.5. The van der Waals surface area contributed by atoms with Crippen molar-refractivity contribution in [2.45, 2.75) is 13.5 Å². The van der Waals surface area contributed by atoms with Crippen LogP contribution in [0.5, 0.6) is 5.75 Å². The Morgan fingerprint density at radius 3 is 2.50 bits per heavy atom. The van der Waals surface area contributed by atoms with Gasteiger partial charge in [-0.15, -0.1) is 0 Å². The van der Waals surface area contributed by atoms with E-state index in [1.54, 1.807) is 31.3 Å². The molecule has 3 rings (SSSR count). The van der Waals surface area contributed by atoms with Crippen LogP contribution in [0.15, 0.2) is 53.3 Å². The number of rotatable bonds is 5. The molecule has 1 amide bonds. The lowest BCUT2D eigenvalue weighted by molar-refractivity contribution is 0.0946. The van der Waals surface area contributed by atoms with Gasteiger partial charge in [-0.2, -0.15) is 0 Å². The first-order valence-corrected chi connectivity index (χ1v) is 8.44. The molecule has 0 fully saturated rings. The van der Waals surface area contributed by atoms with Crippen molar-refractivity contribution < 1.29 is 9.90 Å². The summed E-state index contributed by atoms with van der Waals surface area (Å²) in [5, 5.41) is 16.8. The second kappa shape index (κ2) is 7.31. The molecule has 0 unspecified atom stereocenters. The normalized spacial score (nSPS) is 10.7. The summed E-state index contributed by atoms with van der Waals surface area (Å²) in [6, 6.07) is 14.6. The number of hydrogen-bond donors (Lipinski definition) is 3. The lowest BCUT2D eigenvalue weighted by Gasteiger charge is -2.12. The van der Waals surface area contributed by atoms with Crippen LogP contribution in [0, 0.1) is 0 Å². The van der Waals surface area contributed by atoms with E-state index >= 15 is 0 Å². The Bertz CT molecular complexity index is 1010. The van der Waals surface area contributed by atoms with Crippen LogP contribution in [0.3, 0.4) is 0 Å². The molecule has 3 aromatic rings. The zero-order chi connectivity index (χ0) is 18.7. The summed E-state index contributed by atoms with van der Waals surface area (Å²) in [6.07, 6.45) is 0. The smallest absolute Gasteiger partial charge is 0.267 e. The molecule has 134 valence electrons. The summed E-state index contributed by atoms with van der Waals surface area (Å²) in [5.74, 6) is -0.881. The molecule has 2 aromatic carbocycles. The van der Waals surface area contributed by atoms with E-state index in [4.69, 9.17) is 0 Å². The maximum absolute atomic E-state index is 12.5. The zero-order valence-corrected chi connectivity index (χ0v) is 14.7. The highest BCUT2D eigenvalue weighted by Gasteiger charge is 2.20. The van der Waals surface area contributed by atoms with Crippen molar-refractivity contribution in [3.05, 3.63) is 70.0 Å². The molecule has 0 aliphatic rings. The number of hydrogen-bond acceptors (Lipinski definition) is 4. The van der Waals surface area contributed by atoms with Gasteiger partial charge in [0.1, 0.15) is 11.3 Å². The number of anilines is 1. The van der Waals surface area contributed by atoms with Crippen LogP contribution in [0.1, 0.15) is 22.8 Å². The van der Waals surface area contributed by atoms with E-state index in [9.17, 15) is 14.7 Å². The minimum Gasteiger partial charge on any atom is -0.506 e. The fourth-order valence-corrected chi connectivity index (χ4v) is 2.90. The van der Waals surface area contributed by atoms with E-state index in [2.05, 4.69) is 10.6 Å². The Morgan fingerprint density at radius 2 is 1.81 bits per heavy atom. The lowest BCUT2D eigenvalue weighted by Crippen LogP contribution is -2.32. The number of nitrogens with zero attached hydrogens (tertiary/aromatic N) is 1. The van der Waals surface area contributed by atoms with Crippen molar-refractivity contribution >= 4 is 22.5 Å². The number of aryl methyl sites for hydroxylation is 1. The van der Waals surface area contributed by atoms with Gasteiger partial charge < -0.3 is 20.3 Å². The van der Waals surface area contributed by atoms with Crippen LogP contribution < -0.4 is 16.2 Å². The molecule has 0 spiro atoms. The van der Waals surface area contributed by atoms with Gasteiger partial charge in [-0.3, -0.25) is 9.59 Å². The number of nitrogens with one attached hydrogen (secondary N) is 2. The van der Waals surface area contributed by atoms with E-state index < -0.39 is 11.5 Å². The Kier molecular flexibility index (Phi) is 4.93. The second-order valence-electron chi connectivity index (χ2n) is 6.01. The van der Waals surface area contributed by atoms with Crippen LogP contribution in [0.25, 0.3) is 10.9 Å². The molecule has 6 nitrogen and oxygen atoms in total. The topological polar surface area (TPSA) is 83.4 Å². The Morgan fingerprint density at radius 1 is 1.12 bits per heavy atom. The molecule has 6 heteroatoms. The molecular weight excluding hydrogens is 330 g/mol. The van der Waals surface area contributed by atoms with Crippen molar-refractivity contribution in [2.75, 3.05) is 11.9 Å². The molecular formula is C20H21N3O3. The van der Waals surface area contributed by atoms with Gasteiger partial charge in [0.2, 0.25) is 0 Å². The number of carbonyl (C=O) groups is 1. The fourth-order valence-electron chi connectivity index (χ4n) is 2.90. The standard InChI is InChI=1S/C20H21N3O3/c1-3-21-14-10-8-13(9-11-14)12-22-19(25)17-18(24)15-6-4-5-7-16(15)23(2)20(17)26/h4-11,21,24H,3,12H2,1-2H3,(H,22,25). The van der Waals surface area contributed by atoms with Crippen molar-refractivity contribution in [3.63, 3.8) is 0 Å². The first-order chi connectivity index (χ1) is 12.5. The lowest BCUT2D eigenvalue weighted by atomic mass is 10.1. The molecule has 3 N–H and O–H groups in total. The molecule has 1 aromatic heterocycles. The molecule has 0 saturated carbocycles. The predicted molar refractivity (Wildman–Crippen MR) is 103 cm³/mol. The molecule has 0 saturated heterocycles. The maximum Gasteiger partial charge on any atom is 0.267 e. The number of aromatic hydroxyl groups is 1. The molecule has 0 aliphatic carbocycles. The number of pyridine rings is 1. The monoisotopic (exact) mass is 351 g/mol. The van der Waals surface area contributed by atoms with E-state index in [0.717, 1.165) is 17.8 Å². The third-order valence-corrected chi connectivity index (χ3v) is 4.29. The summed E-state index contributed by atoms with van der Waals surface area (Å²) >= 11 is 0. The van der Waals surface area contributed by atoms with Crippen LogP contribution in [-0.2, 0) is 13.6 Å². The summed E-state index contributed by atoms with van der Waals surface area (Å²) in [7, 11) is 1.58. The Labute approximate surface area is 151 Å². The summed E-state index contributed by atoms with van der Waals surface area (Å²) in [4.78, 5) is 25.0. The van der Waals surface area contributed by atoms with Crippen LogP contribution in [0.2, 0.25) is 0 Å². The zero-order valence-electron chi connectivity index (χ0n) is 14.7. The third-order valence-electron chi connectivity index (χ3n) is 4.29. The summed E-state index contributed by atoms with van der Waals surface area (Å²) in [6.45, 7) is 3.12. The van der Waals surface area contributed by atoms with Crippen molar-refractivity contribution in [3.8, 4) is 5.75 Å². The number of benzene rings is 2. The molecule has 0 radical (unpaired) electrons. The minimum absolute atomic E-state index is 0.240. The van der Waals surface area contributed by atoms with Crippen molar-refractivity contribution in [1.82, 2.24) is 9.88 Å². The van der Waals surface area contributed by atoms with Gasteiger partial charge in [-0.25, -0.2) is 0 Å². The molecule has 0 atom stereocenters. The van der Waals surface area contributed by atoms with Crippen LogP contribution >= 0.6 is 0 Å². The summed E-state index contributed by atoms with van der Waals surface area (Å²) < 4.78 is 1.37. The maximum atomic E-state index is 12.5. The molecule has 0 bridgehead atoms. The first-order valence-electron chi connectivity index (χ1n) is 8.44. The quantitative estimate of drug-likeness (QED) is 0.660. The molecule has 1 heterocycles. The van der Waals surface area contributed by atoms with Gasteiger partial charge in [0.15, 0.2) is 0 Å². The number of aromatic nitrogens is 1. The fraction of sp³-hybridized carbons (Fsp3) is 0.200. The van der Waals surface area contributed by atoms with Crippen LogP contribution in [-0.4, -0.2) is 22.1 Å². The Balaban J connectivity index is 1.85. The number of fused-ring (bicyclic) bond motifs is 1. The molecule has 0 aliphatic heterocycles. The van der Waals surface area contributed by atoms with Gasteiger partial charge in [0.05, 0.1) is 5.52 Å². The minimum atomic E-state index is -0.593. The predicted octanol–water partition coefficient (Wildman–Crippen LogP) is 2.61. The Hall–Kier alpha value is -3.28. The van der Waals surface area contributed by atoms with Crippen molar-refractivity contribution in [2.24, 2.45) is 7.05 Å².